The van der Waals surface area contributed by atoms with E-state index in [9.17, 15) is 4.79 Å². The lowest BCUT2D eigenvalue weighted by molar-refractivity contribution is -0.945. The summed E-state index contributed by atoms with van der Waals surface area (Å²) < 4.78 is 0.944. The summed E-state index contributed by atoms with van der Waals surface area (Å²) in [4.78, 5) is 12.2. The minimum atomic E-state index is -0.133. The first kappa shape index (κ1) is 33.4. The average molecular weight is 514 g/mol. The van der Waals surface area contributed by atoms with Crippen LogP contribution in [-0.2, 0) is 16.8 Å². The van der Waals surface area contributed by atoms with Crippen LogP contribution in [0.3, 0.4) is 0 Å². The molecule has 1 aromatic carbocycles. The summed E-state index contributed by atoms with van der Waals surface area (Å²) in [5.41, 5.74) is 4.69. The fourth-order valence-corrected chi connectivity index (χ4v) is 5.50. The molecule has 0 aromatic heterocycles. The normalized spacial score (nSPS) is 12.1. The lowest BCUT2D eigenvalue weighted by Gasteiger charge is -2.46. The highest BCUT2D eigenvalue weighted by Gasteiger charge is 2.40. The number of amides is 1. The van der Waals surface area contributed by atoms with Crippen LogP contribution in [0.5, 0.6) is 0 Å². The van der Waals surface area contributed by atoms with E-state index in [1.165, 1.54) is 114 Å². The van der Waals surface area contributed by atoms with Crippen molar-refractivity contribution in [3.8, 4) is 0 Å². The van der Waals surface area contributed by atoms with Gasteiger partial charge in [-0.25, -0.2) is 0 Å². The molecule has 0 aliphatic heterocycles. The quantitative estimate of drug-likeness (QED) is 0.0989. The smallest absolute Gasteiger partial charge is 0.247 e. The van der Waals surface area contributed by atoms with Gasteiger partial charge in [0.2, 0.25) is 5.91 Å². The Hall–Kier alpha value is -1.61. The lowest BCUT2D eigenvalue weighted by atomic mass is 9.83. The highest BCUT2D eigenvalue weighted by atomic mass is 16.1. The second kappa shape index (κ2) is 17.8. The largest absolute Gasteiger partial charge is 0.322 e. The molecule has 1 aromatic rings. The number of carbonyl (C=O) groups is 1. The van der Waals surface area contributed by atoms with Crippen LogP contribution in [0.2, 0.25) is 0 Å². The van der Waals surface area contributed by atoms with Crippen molar-refractivity contribution < 1.29 is 9.28 Å². The molecular weight excluding hydrogens is 452 g/mol. The van der Waals surface area contributed by atoms with Gasteiger partial charge in [-0.2, -0.15) is 0 Å². The Morgan fingerprint density at radius 1 is 0.838 bits per heavy atom. The lowest BCUT2D eigenvalue weighted by Crippen LogP contribution is -2.54. The van der Waals surface area contributed by atoms with E-state index in [2.05, 4.69) is 72.7 Å². The molecule has 0 radical (unpaired) electrons. The number of hydrogen-bond acceptors (Lipinski definition) is 1. The number of rotatable bonds is 21. The molecule has 0 fully saturated rings. The first-order valence-electron chi connectivity index (χ1n) is 15.5. The third kappa shape index (κ3) is 11.3. The van der Waals surface area contributed by atoms with Gasteiger partial charge in [0.1, 0.15) is 5.54 Å². The van der Waals surface area contributed by atoms with Crippen molar-refractivity contribution in [1.82, 2.24) is 0 Å². The summed E-state index contributed by atoms with van der Waals surface area (Å²) in [6, 6.07) is 4.47. The summed E-state index contributed by atoms with van der Waals surface area (Å²) in [6.45, 7) is 16.2. The van der Waals surface area contributed by atoms with E-state index in [0.717, 1.165) is 28.6 Å². The van der Waals surface area contributed by atoms with E-state index in [0.29, 0.717) is 0 Å². The van der Waals surface area contributed by atoms with Gasteiger partial charge in [0.05, 0.1) is 20.6 Å². The Bertz CT molecular complexity index is 793. The SMILES string of the molecule is C=CC(=O)Nc1c(C)ccc(C(C)(C)[N+](C)(C)CCCCCCCCCCCCCCCC)c1CCC. The van der Waals surface area contributed by atoms with Crippen molar-refractivity contribution in [1.29, 1.82) is 0 Å². The number of hydrogen-bond donors (Lipinski definition) is 1. The molecule has 37 heavy (non-hydrogen) atoms. The Morgan fingerprint density at radius 3 is 1.78 bits per heavy atom. The standard InChI is InChI=1S/C34H60N2O/c1-9-12-13-14-15-16-17-18-19-20-21-22-23-24-28-36(7,8)34(5,6)31-27-26-29(4)33(30(31)25-10-2)35-32(37)11-3/h11,26-27H,3,9-10,12-25,28H2,1-2,4-8H3/p+1. The fraction of sp³-hybridized carbons (Fsp3) is 0.735. The zero-order valence-corrected chi connectivity index (χ0v) is 25.8. The van der Waals surface area contributed by atoms with Crippen LogP contribution in [0.4, 0.5) is 5.69 Å². The maximum atomic E-state index is 12.2. The predicted octanol–water partition coefficient (Wildman–Crippen LogP) is 9.86. The summed E-state index contributed by atoms with van der Waals surface area (Å²) in [5, 5.41) is 3.11. The van der Waals surface area contributed by atoms with Crippen molar-refractivity contribution >= 4 is 11.6 Å². The van der Waals surface area contributed by atoms with Crippen LogP contribution in [0.15, 0.2) is 24.8 Å². The molecule has 1 N–H and O–H groups in total. The molecule has 0 aliphatic rings. The maximum absolute atomic E-state index is 12.2. The third-order valence-electron chi connectivity index (χ3n) is 8.70. The number of nitrogens with one attached hydrogen (secondary N) is 1. The van der Waals surface area contributed by atoms with Gasteiger partial charge < -0.3 is 9.80 Å². The van der Waals surface area contributed by atoms with Crippen LogP contribution in [0, 0.1) is 6.92 Å². The molecule has 0 saturated heterocycles. The van der Waals surface area contributed by atoms with Gasteiger partial charge in [-0.3, -0.25) is 4.79 Å². The van der Waals surface area contributed by atoms with Gasteiger partial charge >= 0.3 is 0 Å². The van der Waals surface area contributed by atoms with Crippen LogP contribution in [-0.4, -0.2) is 31.0 Å². The zero-order valence-electron chi connectivity index (χ0n) is 25.8. The maximum Gasteiger partial charge on any atom is 0.247 e. The van der Waals surface area contributed by atoms with Crippen molar-refractivity contribution in [3.05, 3.63) is 41.5 Å². The van der Waals surface area contributed by atoms with Gasteiger partial charge in [-0.1, -0.05) is 116 Å². The van der Waals surface area contributed by atoms with Crippen molar-refractivity contribution in [2.24, 2.45) is 0 Å². The molecule has 0 atom stereocenters. The number of aryl methyl sites for hydroxylation is 1. The monoisotopic (exact) mass is 513 g/mol. The highest BCUT2D eigenvalue weighted by Crippen LogP contribution is 2.39. The van der Waals surface area contributed by atoms with Crippen LogP contribution in [0.25, 0.3) is 0 Å². The molecule has 1 amide bonds. The van der Waals surface area contributed by atoms with Gasteiger partial charge in [0.25, 0.3) is 0 Å². The molecule has 0 unspecified atom stereocenters. The Labute approximate surface area is 231 Å². The van der Waals surface area contributed by atoms with Crippen molar-refractivity contribution in [2.75, 3.05) is 26.0 Å². The molecule has 0 heterocycles. The molecule has 0 aliphatic carbocycles. The summed E-state index contributed by atoms with van der Waals surface area (Å²) in [7, 11) is 4.75. The second-order valence-electron chi connectivity index (χ2n) is 12.3. The number of quaternary nitrogens is 1. The van der Waals surface area contributed by atoms with E-state index >= 15 is 0 Å². The first-order valence-corrected chi connectivity index (χ1v) is 15.5. The molecule has 212 valence electrons. The Balaban J connectivity index is 2.54. The van der Waals surface area contributed by atoms with E-state index in [4.69, 9.17) is 0 Å². The number of carbonyl (C=O) groups excluding carboxylic acids is 1. The Kier molecular flexibility index (Phi) is 16.1. The second-order valence-corrected chi connectivity index (χ2v) is 12.3. The molecule has 3 heteroatoms. The molecule has 0 bridgehead atoms. The van der Waals surface area contributed by atoms with Crippen molar-refractivity contribution in [3.63, 3.8) is 0 Å². The zero-order chi connectivity index (χ0) is 27.7. The summed E-state index contributed by atoms with van der Waals surface area (Å²) in [6.07, 6.45) is 22.9. The van der Waals surface area contributed by atoms with E-state index in [1.54, 1.807) is 0 Å². The van der Waals surface area contributed by atoms with Gasteiger partial charge in [0, 0.05) is 11.3 Å². The fourth-order valence-electron chi connectivity index (χ4n) is 5.50. The van der Waals surface area contributed by atoms with Gasteiger partial charge in [-0.15, -0.1) is 0 Å². The highest BCUT2D eigenvalue weighted by molar-refractivity contribution is 6.00. The minimum absolute atomic E-state index is 0.0532. The van der Waals surface area contributed by atoms with Crippen LogP contribution in [0.1, 0.15) is 141 Å². The molecule has 0 saturated carbocycles. The van der Waals surface area contributed by atoms with Crippen LogP contribution >= 0.6 is 0 Å². The predicted molar refractivity (Wildman–Crippen MR) is 164 cm³/mol. The average Bonchev–Trinajstić information content (AvgIpc) is 2.86. The van der Waals surface area contributed by atoms with Crippen molar-refractivity contribution in [2.45, 2.75) is 143 Å². The van der Waals surface area contributed by atoms with Crippen LogP contribution < -0.4 is 5.32 Å². The molecule has 3 nitrogen and oxygen atoms in total. The van der Waals surface area contributed by atoms with Gasteiger partial charge in [0.15, 0.2) is 0 Å². The van der Waals surface area contributed by atoms with Gasteiger partial charge in [-0.05, 0) is 57.2 Å². The first-order chi connectivity index (χ1) is 17.6. The Morgan fingerprint density at radius 2 is 1.32 bits per heavy atom. The molecule has 0 spiro atoms. The molecular formula is C34H61N2O+. The topological polar surface area (TPSA) is 29.1 Å². The minimum Gasteiger partial charge on any atom is -0.322 e. The van der Waals surface area contributed by atoms with E-state index in [-0.39, 0.29) is 11.4 Å². The number of unbranched alkanes of at least 4 members (excludes halogenated alkanes) is 13. The number of nitrogens with zero attached hydrogens (tertiary/aromatic N) is 1. The third-order valence-corrected chi connectivity index (χ3v) is 8.70. The summed E-state index contributed by atoms with van der Waals surface area (Å²) in [5.74, 6) is -0.133. The van der Waals surface area contributed by atoms with E-state index in [1.807, 2.05) is 0 Å². The number of anilines is 1. The number of benzene rings is 1. The summed E-state index contributed by atoms with van der Waals surface area (Å²) >= 11 is 0. The van der Waals surface area contributed by atoms with E-state index < -0.39 is 0 Å². The molecule has 1 rings (SSSR count).